The van der Waals surface area contributed by atoms with Gasteiger partial charge in [-0.2, -0.15) is 15.5 Å². The molecule has 1 N–H and O–H groups in total. The molecule has 0 amide bonds. The second-order valence-electron chi connectivity index (χ2n) is 3.26. The molecule has 15 heavy (non-hydrogen) atoms. The number of carboxylic acids is 1. The summed E-state index contributed by atoms with van der Waals surface area (Å²) in [7, 11) is 0. The Kier molecular flexibility index (Phi) is 8.25. The molecule has 0 aliphatic rings. The van der Waals surface area contributed by atoms with Gasteiger partial charge >= 0.3 is 5.97 Å². The number of nitriles is 1. The quantitative estimate of drug-likeness (QED) is 0.494. The van der Waals surface area contributed by atoms with Gasteiger partial charge in [0.1, 0.15) is 0 Å². The van der Waals surface area contributed by atoms with Crippen LogP contribution >= 0.6 is 0 Å². The highest BCUT2D eigenvalue weighted by Crippen LogP contribution is 2.05. The van der Waals surface area contributed by atoms with E-state index in [1.54, 1.807) is 0 Å². The van der Waals surface area contributed by atoms with E-state index in [-0.39, 0.29) is 6.42 Å². The van der Waals surface area contributed by atoms with Crippen LogP contribution in [0.4, 0.5) is 0 Å². The maximum Gasteiger partial charge on any atom is 0.303 e. The largest absolute Gasteiger partial charge is 0.481 e. The Balaban J connectivity index is 3.69. The molecule has 0 saturated heterocycles. The van der Waals surface area contributed by atoms with Crippen LogP contribution in [0.15, 0.2) is 10.2 Å². The summed E-state index contributed by atoms with van der Waals surface area (Å²) in [6, 6.07) is 1.51. The Morgan fingerprint density at radius 3 is 2.80 bits per heavy atom. The van der Waals surface area contributed by atoms with Gasteiger partial charge in [-0.3, -0.25) is 4.79 Å². The van der Waals surface area contributed by atoms with Crippen molar-refractivity contribution in [1.82, 2.24) is 0 Å². The number of hydrogen-bond donors (Lipinski definition) is 1. The van der Waals surface area contributed by atoms with Crippen LogP contribution in [0.3, 0.4) is 0 Å². The molecule has 0 heterocycles. The Labute approximate surface area is 89.8 Å². The van der Waals surface area contributed by atoms with Gasteiger partial charge in [0.2, 0.25) is 0 Å². The Morgan fingerprint density at radius 2 is 2.27 bits per heavy atom. The minimum atomic E-state index is -0.838. The number of azo groups is 1. The van der Waals surface area contributed by atoms with Gasteiger partial charge < -0.3 is 5.11 Å². The van der Waals surface area contributed by atoms with Crippen molar-refractivity contribution in [3.63, 3.8) is 0 Å². The summed E-state index contributed by atoms with van der Waals surface area (Å²) in [5.41, 5.74) is 0. The third-order valence-electron chi connectivity index (χ3n) is 1.85. The highest BCUT2D eigenvalue weighted by atomic mass is 16.4. The molecule has 0 aromatic heterocycles. The predicted octanol–water partition coefficient (Wildman–Crippen LogP) is 2.39. The summed E-state index contributed by atoms with van der Waals surface area (Å²) in [5, 5.41) is 24.8. The van der Waals surface area contributed by atoms with Gasteiger partial charge in [0.05, 0.1) is 12.6 Å². The molecule has 0 aliphatic carbocycles. The van der Waals surface area contributed by atoms with Crippen molar-refractivity contribution < 1.29 is 9.90 Å². The van der Waals surface area contributed by atoms with Crippen LogP contribution in [-0.4, -0.2) is 23.7 Å². The molecule has 5 nitrogen and oxygen atoms in total. The SMILES string of the molecule is CCCCN=NC(C#N)CCCC(=O)O. The summed E-state index contributed by atoms with van der Waals surface area (Å²) >= 11 is 0. The van der Waals surface area contributed by atoms with Crippen LogP contribution < -0.4 is 0 Å². The zero-order valence-electron chi connectivity index (χ0n) is 9.02. The number of hydrogen-bond acceptors (Lipinski definition) is 4. The van der Waals surface area contributed by atoms with Crippen LogP contribution in [-0.2, 0) is 4.79 Å². The van der Waals surface area contributed by atoms with Crippen molar-refractivity contribution in [2.24, 2.45) is 10.2 Å². The van der Waals surface area contributed by atoms with Crippen LogP contribution in [0.2, 0.25) is 0 Å². The monoisotopic (exact) mass is 211 g/mol. The fourth-order valence-corrected chi connectivity index (χ4v) is 0.980. The van der Waals surface area contributed by atoms with E-state index >= 15 is 0 Å². The lowest BCUT2D eigenvalue weighted by molar-refractivity contribution is -0.137. The van der Waals surface area contributed by atoms with E-state index in [1.807, 2.05) is 6.07 Å². The van der Waals surface area contributed by atoms with Crippen molar-refractivity contribution in [1.29, 1.82) is 5.26 Å². The summed E-state index contributed by atoms with van der Waals surface area (Å²) < 4.78 is 0. The second kappa shape index (κ2) is 9.13. The molecule has 0 aromatic rings. The molecule has 5 heteroatoms. The Bertz CT molecular complexity index is 246. The van der Waals surface area contributed by atoms with Crippen molar-refractivity contribution in [3.8, 4) is 6.07 Å². The molecular formula is C10H17N3O2. The first-order valence-electron chi connectivity index (χ1n) is 5.18. The standard InChI is InChI=1S/C10H17N3O2/c1-2-3-7-12-13-9(8-11)5-4-6-10(14)15/h9H,2-7H2,1H3,(H,14,15). The van der Waals surface area contributed by atoms with Crippen molar-refractivity contribution in [3.05, 3.63) is 0 Å². The van der Waals surface area contributed by atoms with E-state index in [4.69, 9.17) is 10.4 Å². The number of aliphatic carboxylic acids is 1. The van der Waals surface area contributed by atoms with Gasteiger partial charge in [-0.15, -0.1) is 0 Å². The summed E-state index contributed by atoms with van der Waals surface area (Å²) in [6.07, 6.45) is 3.05. The molecule has 0 aromatic carbocycles. The maximum atomic E-state index is 10.2. The summed E-state index contributed by atoms with van der Waals surface area (Å²) in [5.74, 6) is -0.838. The Morgan fingerprint density at radius 1 is 1.53 bits per heavy atom. The number of nitrogens with zero attached hydrogens (tertiary/aromatic N) is 3. The lowest BCUT2D eigenvalue weighted by Gasteiger charge is -2.00. The molecule has 1 atom stereocenters. The molecule has 0 spiro atoms. The fraction of sp³-hybridized carbons (Fsp3) is 0.800. The smallest absolute Gasteiger partial charge is 0.303 e. The first kappa shape index (κ1) is 13.6. The maximum absolute atomic E-state index is 10.2. The molecule has 0 fully saturated rings. The molecule has 0 saturated carbocycles. The van der Waals surface area contributed by atoms with Crippen molar-refractivity contribution >= 4 is 5.97 Å². The van der Waals surface area contributed by atoms with Crippen LogP contribution in [0.1, 0.15) is 39.0 Å². The average Bonchev–Trinajstić information content (AvgIpc) is 2.21. The highest BCUT2D eigenvalue weighted by molar-refractivity contribution is 5.66. The Hall–Kier alpha value is -1.44. The van der Waals surface area contributed by atoms with E-state index in [9.17, 15) is 4.79 Å². The van der Waals surface area contributed by atoms with Crippen LogP contribution in [0.5, 0.6) is 0 Å². The van der Waals surface area contributed by atoms with E-state index < -0.39 is 12.0 Å². The minimum Gasteiger partial charge on any atom is -0.481 e. The van der Waals surface area contributed by atoms with E-state index in [1.165, 1.54) is 0 Å². The zero-order valence-corrected chi connectivity index (χ0v) is 9.02. The lowest BCUT2D eigenvalue weighted by atomic mass is 10.1. The van der Waals surface area contributed by atoms with Crippen LogP contribution in [0.25, 0.3) is 0 Å². The van der Waals surface area contributed by atoms with Crippen molar-refractivity contribution in [2.75, 3.05) is 6.54 Å². The first-order chi connectivity index (χ1) is 7.20. The fourth-order valence-electron chi connectivity index (χ4n) is 0.980. The predicted molar refractivity (Wildman–Crippen MR) is 55.5 cm³/mol. The number of carbonyl (C=O) groups is 1. The number of rotatable bonds is 8. The van der Waals surface area contributed by atoms with Crippen LogP contribution in [0, 0.1) is 11.3 Å². The topological polar surface area (TPSA) is 85.8 Å². The molecule has 84 valence electrons. The van der Waals surface area contributed by atoms with E-state index in [0.29, 0.717) is 19.4 Å². The molecule has 1 unspecified atom stereocenters. The van der Waals surface area contributed by atoms with Gasteiger partial charge in [0.25, 0.3) is 0 Å². The lowest BCUT2D eigenvalue weighted by Crippen LogP contribution is -2.02. The van der Waals surface area contributed by atoms with Crippen molar-refractivity contribution in [2.45, 2.75) is 45.1 Å². The second-order valence-corrected chi connectivity index (χ2v) is 3.26. The molecule has 0 rings (SSSR count). The van der Waals surface area contributed by atoms with Gasteiger partial charge in [-0.1, -0.05) is 13.3 Å². The zero-order chi connectivity index (χ0) is 11.5. The van der Waals surface area contributed by atoms with Gasteiger partial charge in [0.15, 0.2) is 6.04 Å². The van der Waals surface area contributed by atoms with Gasteiger partial charge in [-0.05, 0) is 19.3 Å². The van der Waals surface area contributed by atoms with Gasteiger partial charge in [0, 0.05) is 6.42 Å². The normalized spacial score (nSPS) is 12.5. The third-order valence-corrected chi connectivity index (χ3v) is 1.85. The van der Waals surface area contributed by atoms with E-state index in [2.05, 4.69) is 17.2 Å². The highest BCUT2D eigenvalue weighted by Gasteiger charge is 2.06. The minimum absolute atomic E-state index is 0.0860. The third kappa shape index (κ3) is 8.88. The van der Waals surface area contributed by atoms with Gasteiger partial charge in [-0.25, -0.2) is 0 Å². The summed E-state index contributed by atoms with van der Waals surface area (Å²) in [4.78, 5) is 10.2. The van der Waals surface area contributed by atoms with E-state index in [0.717, 1.165) is 12.8 Å². The first-order valence-corrected chi connectivity index (χ1v) is 5.18. The number of carboxylic acid groups (broad SMARTS) is 1. The molecule has 0 radical (unpaired) electrons. The molecular weight excluding hydrogens is 194 g/mol. The molecule has 0 aliphatic heterocycles. The number of unbranched alkanes of at least 4 members (excludes halogenated alkanes) is 1. The molecule has 0 bridgehead atoms. The summed E-state index contributed by atoms with van der Waals surface area (Å²) in [6.45, 7) is 2.71. The average molecular weight is 211 g/mol.